The van der Waals surface area contributed by atoms with Crippen molar-refractivity contribution in [1.82, 2.24) is 0 Å². The number of hydrogen-bond acceptors (Lipinski definition) is 4. The van der Waals surface area contributed by atoms with Crippen LogP contribution in [0.2, 0.25) is 0 Å². The van der Waals surface area contributed by atoms with E-state index in [2.05, 4.69) is 6.58 Å². The fourth-order valence-electron chi connectivity index (χ4n) is 0.712. The lowest BCUT2D eigenvalue weighted by molar-refractivity contribution is -0.138. The summed E-state index contributed by atoms with van der Waals surface area (Å²) in [5, 5.41) is 0. The third kappa shape index (κ3) is 3.20. The van der Waals surface area contributed by atoms with Gasteiger partial charge in [0.05, 0.1) is 0 Å². The van der Waals surface area contributed by atoms with Gasteiger partial charge in [0, 0.05) is 23.3 Å². The van der Waals surface area contributed by atoms with E-state index in [4.69, 9.17) is 4.74 Å². The SMILES string of the molecule is C=CC(=O)OC1CSCCS1. The van der Waals surface area contributed by atoms with Crippen LogP contribution in [0.15, 0.2) is 12.7 Å². The molecule has 0 bridgehead atoms. The summed E-state index contributed by atoms with van der Waals surface area (Å²) >= 11 is 3.52. The van der Waals surface area contributed by atoms with E-state index in [0.717, 1.165) is 17.3 Å². The van der Waals surface area contributed by atoms with Crippen molar-refractivity contribution < 1.29 is 9.53 Å². The van der Waals surface area contributed by atoms with E-state index in [9.17, 15) is 4.79 Å². The maximum absolute atomic E-state index is 10.7. The number of carbonyl (C=O) groups is 1. The van der Waals surface area contributed by atoms with Crippen LogP contribution in [0.1, 0.15) is 0 Å². The summed E-state index contributed by atoms with van der Waals surface area (Å²) in [6.45, 7) is 3.34. The van der Waals surface area contributed by atoms with Gasteiger partial charge in [0.15, 0.2) is 5.44 Å². The Bertz CT molecular complexity index is 153. The molecule has 1 aliphatic rings. The van der Waals surface area contributed by atoms with Crippen molar-refractivity contribution in [1.29, 1.82) is 0 Å². The number of rotatable bonds is 2. The first kappa shape index (κ1) is 9.00. The maximum atomic E-state index is 10.7. The Morgan fingerprint density at radius 3 is 3.00 bits per heavy atom. The minimum Gasteiger partial charge on any atom is -0.447 e. The van der Waals surface area contributed by atoms with Crippen LogP contribution < -0.4 is 0 Å². The maximum Gasteiger partial charge on any atom is 0.331 e. The minimum absolute atomic E-state index is 0.0410. The van der Waals surface area contributed by atoms with Crippen molar-refractivity contribution in [3.63, 3.8) is 0 Å². The van der Waals surface area contributed by atoms with E-state index in [1.807, 2.05) is 11.8 Å². The zero-order chi connectivity index (χ0) is 8.10. The molecule has 0 amide bonds. The number of ether oxygens (including phenoxy) is 1. The third-order valence-electron chi connectivity index (χ3n) is 1.20. The molecule has 0 aromatic heterocycles. The fraction of sp³-hybridized carbons (Fsp3) is 0.571. The predicted octanol–water partition coefficient (Wildman–Crippen LogP) is 1.52. The number of hydrogen-bond donors (Lipinski definition) is 0. The highest BCUT2D eigenvalue weighted by Gasteiger charge is 2.16. The van der Waals surface area contributed by atoms with Crippen LogP contribution in [-0.4, -0.2) is 28.7 Å². The molecular formula is C7H10O2S2. The van der Waals surface area contributed by atoms with Gasteiger partial charge in [-0.25, -0.2) is 4.79 Å². The van der Waals surface area contributed by atoms with Crippen molar-refractivity contribution in [2.75, 3.05) is 17.3 Å². The van der Waals surface area contributed by atoms with Gasteiger partial charge in [-0.2, -0.15) is 11.8 Å². The second-order valence-electron chi connectivity index (χ2n) is 2.02. The summed E-state index contributed by atoms with van der Waals surface area (Å²) in [7, 11) is 0. The summed E-state index contributed by atoms with van der Waals surface area (Å²) in [6.07, 6.45) is 1.21. The molecule has 62 valence electrons. The van der Waals surface area contributed by atoms with Crippen LogP contribution in [0.4, 0.5) is 0 Å². The molecule has 4 heteroatoms. The first-order valence-electron chi connectivity index (χ1n) is 3.35. The van der Waals surface area contributed by atoms with E-state index in [-0.39, 0.29) is 11.4 Å². The Morgan fingerprint density at radius 2 is 2.45 bits per heavy atom. The highest BCUT2D eigenvalue weighted by Crippen LogP contribution is 2.24. The Hall–Kier alpha value is -0.0900. The molecule has 0 saturated carbocycles. The van der Waals surface area contributed by atoms with Crippen LogP contribution in [0.3, 0.4) is 0 Å². The van der Waals surface area contributed by atoms with Crippen LogP contribution in [0, 0.1) is 0 Å². The van der Waals surface area contributed by atoms with Gasteiger partial charge in [0.1, 0.15) is 0 Å². The summed E-state index contributed by atoms with van der Waals surface area (Å²) in [5.74, 6) is 2.82. The molecule has 1 atom stereocenters. The topological polar surface area (TPSA) is 26.3 Å². The molecule has 0 spiro atoms. The molecule has 1 fully saturated rings. The molecule has 2 nitrogen and oxygen atoms in total. The van der Waals surface area contributed by atoms with Gasteiger partial charge in [-0.3, -0.25) is 0 Å². The highest BCUT2D eigenvalue weighted by atomic mass is 32.2. The Balaban J connectivity index is 2.24. The third-order valence-corrected chi connectivity index (χ3v) is 3.77. The number of thioether (sulfide) groups is 2. The molecule has 0 radical (unpaired) electrons. The van der Waals surface area contributed by atoms with Gasteiger partial charge in [0.25, 0.3) is 0 Å². The first-order chi connectivity index (χ1) is 5.33. The minimum atomic E-state index is -0.315. The molecule has 0 aromatic rings. The molecule has 0 aliphatic carbocycles. The Labute approximate surface area is 74.8 Å². The molecule has 1 aliphatic heterocycles. The van der Waals surface area contributed by atoms with Gasteiger partial charge in [-0.15, -0.1) is 11.8 Å². The van der Waals surface area contributed by atoms with E-state index < -0.39 is 0 Å². The lowest BCUT2D eigenvalue weighted by Crippen LogP contribution is -2.20. The summed E-state index contributed by atoms with van der Waals surface area (Å²) in [4.78, 5) is 10.7. The van der Waals surface area contributed by atoms with Crippen molar-refractivity contribution in [3.8, 4) is 0 Å². The number of carbonyl (C=O) groups excluding carboxylic acids is 1. The molecule has 1 heterocycles. The van der Waals surface area contributed by atoms with E-state index in [0.29, 0.717) is 0 Å². The molecule has 0 N–H and O–H groups in total. The van der Waals surface area contributed by atoms with Gasteiger partial charge in [-0.1, -0.05) is 6.58 Å². The average molecular weight is 190 g/mol. The monoisotopic (exact) mass is 190 g/mol. The first-order valence-corrected chi connectivity index (χ1v) is 5.55. The lowest BCUT2D eigenvalue weighted by Gasteiger charge is -2.19. The lowest BCUT2D eigenvalue weighted by atomic mass is 10.6. The standard InChI is InChI=1S/C7H10O2S2/c1-2-6(8)9-7-5-10-3-4-11-7/h2,7H,1,3-5H2. The number of esters is 1. The molecular weight excluding hydrogens is 180 g/mol. The van der Waals surface area contributed by atoms with Crippen LogP contribution in [-0.2, 0) is 9.53 Å². The van der Waals surface area contributed by atoms with Crippen LogP contribution in [0.5, 0.6) is 0 Å². The zero-order valence-electron chi connectivity index (χ0n) is 6.12. The van der Waals surface area contributed by atoms with Crippen LogP contribution >= 0.6 is 23.5 Å². The Morgan fingerprint density at radius 1 is 1.64 bits per heavy atom. The highest BCUT2D eigenvalue weighted by molar-refractivity contribution is 8.06. The summed E-state index contributed by atoms with van der Waals surface area (Å²) < 4.78 is 5.03. The average Bonchev–Trinajstić information content (AvgIpc) is 2.06. The Kier molecular flexibility index (Phi) is 3.86. The molecule has 0 aromatic carbocycles. The molecule has 1 rings (SSSR count). The molecule has 1 unspecified atom stereocenters. The fourth-order valence-corrected chi connectivity index (χ4v) is 3.09. The smallest absolute Gasteiger partial charge is 0.331 e. The summed E-state index contributed by atoms with van der Waals surface area (Å²) in [5.41, 5.74) is 0.0410. The molecule has 11 heavy (non-hydrogen) atoms. The van der Waals surface area contributed by atoms with Crippen molar-refractivity contribution in [3.05, 3.63) is 12.7 Å². The van der Waals surface area contributed by atoms with Crippen molar-refractivity contribution >= 4 is 29.5 Å². The predicted molar refractivity (Wildman–Crippen MR) is 49.9 cm³/mol. The molecule has 1 saturated heterocycles. The van der Waals surface area contributed by atoms with Crippen molar-refractivity contribution in [2.45, 2.75) is 5.44 Å². The van der Waals surface area contributed by atoms with E-state index in [1.165, 1.54) is 6.08 Å². The van der Waals surface area contributed by atoms with E-state index >= 15 is 0 Å². The summed E-state index contributed by atoms with van der Waals surface area (Å²) in [6, 6.07) is 0. The normalized spacial score (nSPS) is 24.2. The van der Waals surface area contributed by atoms with Gasteiger partial charge >= 0.3 is 5.97 Å². The second-order valence-corrected chi connectivity index (χ2v) is 4.43. The largest absolute Gasteiger partial charge is 0.447 e. The second kappa shape index (κ2) is 4.72. The zero-order valence-corrected chi connectivity index (χ0v) is 7.75. The van der Waals surface area contributed by atoms with Gasteiger partial charge in [0.2, 0.25) is 0 Å². The van der Waals surface area contributed by atoms with E-state index in [1.54, 1.807) is 11.8 Å². The van der Waals surface area contributed by atoms with Gasteiger partial charge in [-0.05, 0) is 0 Å². The quantitative estimate of drug-likeness (QED) is 0.487. The van der Waals surface area contributed by atoms with Crippen LogP contribution in [0.25, 0.3) is 0 Å². The van der Waals surface area contributed by atoms with Crippen molar-refractivity contribution in [2.24, 2.45) is 0 Å². The van der Waals surface area contributed by atoms with Gasteiger partial charge < -0.3 is 4.74 Å².